The molecule has 0 aliphatic carbocycles. The molecule has 2 amide bonds. The monoisotopic (exact) mass is 456 g/mol. The van der Waals surface area contributed by atoms with Crippen LogP contribution in [-0.4, -0.2) is 27.0 Å². The molecular formula is C26H24N4O4. The summed E-state index contributed by atoms with van der Waals surface area (Å²) >= 11 is 0. The van der Waals surface area contributed by atoms with E-state index in [1.165, 1.54) is 0 Å². The molecule has 2 aromatic carbocycles. The lowest BCUT2D eigenvalue weighted by molar-refractivity contribution is -0.129. The third-order valence-electron chi connectivity index (χ3n) is 5.37. The minimum Gasteiger partial charge on any atom is -0.488 e. The van der Waals surface area contributed by atoms with Crippen LogP contribution < -0.4 is 15.5 Å². The molecule has 2 aromatic heterocycles. The van der Waals surface area contributed by atoms with Crippen molar-refractivity contribution in [2.45, 2.75) is 26.0 Å². The Bertz CT molecular complexity index is 1310. The van der Waals surface area contributed by atoms with Gasteiger partial charge < -0.3 is 10.1 Å². The van der Waals surface area contributed by atoms with Gasteiger partial charge in [0.1, 0.15) is 12.4 Å². The molecule has 8 heteroatoms. The van der Waals surface area contributed by atoms with Crippen LogP contribution in [0, 0.1) is 6.92 Å². The van der Waals surface area contributed by atoms with Crippen LogP contribution in [0.25, 0.3) is 10.9 Å². The molecule has 4 rings (SSSR count). The third kappa shape index (κ3) is 5.36. The first-order valence-corrected chi connectivity index (χ1v) is 10.8. The van der Waals surface area contributed by atoms with E-state index in [4.69, 9.17) is 9.94 Å². The Kier molecular flexibility index (Phi) is 7.10. The second kappa shape index (κ2) is 10.5. The summed E-state index contributed by atoms with van der Waals surface area (Å²) in [5.41, 5.74) is 5.36. The molecule has 2 heterocycles. The first-order valence-electron chi connectivity index (χ1n) is 10.8. The number of nitrogens with zero attached hydrogens (tertiary/aromatic N) is 2. The average molecular weight is 457 g/mol. The highest BCUT2D eigenvalue weighted by atomic mass is 16.5. The minimum absolute atomic E-state index is 0.141. The number of pyridine rings is 2. The number of aryl methyl sites for hydroxylation is 1. The van der Waals surface area contributed by atoms with E-state index < -0.39 is 17.9 Å². The molecule has 34 heavy (non-hydrogen) atoms. The van der Waals surface area contributed by atoms with E-state index >= 15 is 0 Å². The van der Waals surface area contributed by atoms with Crippen LogP contribution in [0.15, 0.2) is 79.1 Å². The number of para-hydroxylation sites is 2. The second-order valence-electron chi connectivity index (χ2n) is 7.77. The van der Waals surface area contributed by atoms with E-state index in [2.05, 4.69) is 15.3 Å². The standard InChI is InChI=1S/C26H24N4O4/c1-17-14-19(20-6-2-4-8-22(20)28-17)16-34-24-9-5-3-7-21(24)26(32)29-23(15-25(31)30-33)18-10-12-27-13-11-18/h2-14,23,33H,15-16H2,1H3,(H,29,32)(H,30,31). The fourth-order valence-electron chi connectivity index (χ4n) is 3.76. The van der Waals surface area contributed by atoms with Crippen molar-refractivity contribution in [3.8, 4) is 5.75 Å². The molecule has 0 saturated carbocycles. The van der Waals surface area contributed by atoms with Gasteiger partial charge in [0, 0.05) is 29.0 Å². The number of nitrogens with one attached hydrogen (secondary N) is 2. The van der Waals surface area contributed by atoms with Crippen LogP contribution in [0.3, 0.4) is 0 Å². The predicted octanol–water partition coefficient (Wildman–Crippen LogP) is 3.88. The Balaban J connectivity index is 1.56. The molecule has 1 atom stereocenters. The van der Waals surface area contributed by atoms with E-state index in [1.54, 1.807) is 54.3 Å². The number of fused-ring (bicyclic) bond motifs is 1. The number of carbonyl (C=O) groups excluding carboxylic acids is 2. The van der Waals surface area contributed by atoms with Crippen LogP contribution >= 0.6 is 0 Å². The molecule has 3 N–H and O–H groups in total. The molecule has 4 aromatic rings. The van der Waals surface area contributed by atoms with Gasteiger partial charge >= 0.3 is 0 Å². The lowest BCUT2D eigenvalue weighted by atomic mass is 10.0. The van der Waals surface area contributed by atoms with Crippen LogP contribution in [0.2, 0.25) is 0 Å². The Labute approximate surface area is 196 Å². The number of benzene rings is 2. The van der Waals surface area contributed by atoms with Gasteiger partial charge in [0.2, 0.25) is 5.91 Å². The van der Waals surface area contributed by atoms with Crippen molar-refractivity contribution in [1.29, 1.82) is 0 Å². The number of hydrogen-bond donors (Lipinski definition) is 3. The van der Waals surface area contributed by atoms with Crippen molar-refractivity contribution in [2.75, 3.05) is 0 Å². The van der Waals surface area contributed by atoms with Gasteiger partial charge in [-0.25, -0.2) is 5.48 Å². The number of hydrogen-bond acceptors (Lipinski definition) is 6. The van der Waals surface area contributed by atoms with E-state index in [0.717, 1.165) is 22.2 Å². The summed E-state index contributed by atoms with van der Waals surface area (Å²) in [6, 6.07) is 19.5. The largest absolute Gasteiger partial charge is 0.488 e. The van der Waals surface area contributed by atoms with Crippen LogP contribution in [-0.2, 0) is 11.4 Å². The number of carbonyl (C=O) groups is 2. The van der Waals surface area contributed by atoms with Gasteiger partial charge in [-0.3, -0.25) is 24.8 Å². The molecule has 8 nitrogen and oxygen atoms in total. The van der Waals surface area contributed by atoms with E-state index in [9.17, 15) is 9.59 Å². The molecule has 0 radical (unpaired) electrons. The van der Waals surface area contributed by atoms with Crippen LogP contribution in [0.5, 0.6) is 5.75 Å². The molecule has 0 saturated heterocycles. The Hall–Kier alpha value is -4.30. The Morgan fingerprint density at radius 2 is 1.76 bits per heavy atom. The molecule has 0 spiro atoms. The summed E-state index contributed by atoms with van der Waals surface area (Å²) in [6.07, 6.45) is 3.00. The summed E-state index contributed by atoms with van der Waals surface area (Å²) in [4.78, 5) is 33.5. The van der Waals surface area contributed by atoms with Gasteiger partial charge in [-0.2, -0.15) is 0 Å². The molecule has 0 fully saturated rings. The molecular weight excluding hydrogens is 432 g/mol. The summed E-state index contributed by atoms with van der Waals surface area (Å²) < 4.78 is 6.08. The zero-order valence-corrected chi connectivity index (χ0v) is 18.6. The summed E-state index contributed by atoms with van der Waals surface area (Å²) in [5, 5.41) is 12.8. The first-order chi connectivity index (χ1) is 16.5. The maximum atomic E-state index is 13.2. The molecule has 172 valence electrons. The van der Waals surface area contributed by atoms with Gasteiger partial charge in [-0.15, -0.1) is 0 Å². The van der Waals surface area contributed by atoms with Gasteiger partial charge in [0.15, 0.2) is 0 Å². The van der Waals surface area contributed by atoms with Crippen molar-refractivity contribution < 1.29 is 19.5 Å². The van der Waals surface area contributed by atoms with E-state index in [-0.39, 0.29) is 13.0 Å². The fraction of sp³-hybridized carbons (Fsp3) is 0.154. The molecule has 0 bridgehead atoms. The zero-order chi connectivity index (χ0) is 23.9. The van der Waals surface area contributed by atoms with Crippen molar-refractivity contribution in [3.05, 3.63) is 102 Å². The van der Waals surface area contributed by atoms with E-state index in [1.807, 2.05) is 37.3 Å². The predicted molar refractivity (Wildman–Crippen MR) is 126 cm³/mol. The average Bonchev–Trinajstić information content (AvgIpc) is 2.87. The fourth-order valence-corrected chi connectivity index (χ4v) is 3.76. The zero-order valence-electron chi connectivity index (χ0n) is 18.6. The van der Waals surface area contributed by atoms with Crippen molar-refractivity contribution in [3.63, 3.8) is 0 Å². The van der Waals surface area contributed by atoms with Crippen molar-refractivity contribution >= 4 is 22.7 Å². The Morgan fingerprint density at radius 1 is 1.03 bits per heavy atom. The molecule has 0 aliphatic rings. The lowest BCUT2D eigenvalue weighted by Gasteiger charge is -2.19. The number of ether oxygens (including phenoxy) is 1. The first kappa shape index (κ1) is 22.9. The quantitative estimate of drug-likeness (QED) is 0.274. The number of rotatable bonds is 8. The lowest BCUT2D eigenvalue weighted by Crippen LogP contribution is -2.33. The van der Waals surface area contributed by atoms with Gasteiger partial charge in [0.05, 0.1) is 23.5 Å². The smallest absolute Gasteiger partial charge is 0.255 e. The van der Waals surface area contributed by atoms with Crippen LogP contribution in [0.4, 0.5) is 0 Å². The maximum absolute atomic E-state index is 13.2. The highest BCUT2D eigenvalue weighted by molar-refractivity contribution is 5.97. The second-order valence-corrected chi connectivity index (χ2v) is 7.77. The molecule has 0 aliphatic heterocycles. The van der Waals surface area contributed by atoms with Gasteiger partial charge in [0.25, 0.3) is 5.91 Å². The van der Waals surface area contributed by atoms with Crippen LogP contribution in [0.1, 0.15) is 39.6 Å². The summed E-state index contributed by atoms with van der Waals surface area (Å²) in [6.45, 7) is 2.19. The van der Waals surface area contributed by atoms with Gasteiger partial charge in [-0.1, -0.05) is 30.3 Å². The number of hydroxylamine groups is 1. The maximum Gasteiger partial charge on any atom is 0.255 e. The number of aromatic nitrogens is 2. The van der Waals surface area contributed by atoms with E-state index in [0.29, 0.717) is 16.9 Å². The summed E-state index contributed by atoms with van der Waals surface area (Å²) in [7, 11) is 0. The van der Waals surface area contributed by atoms with Gasteiger partial charge in [-0.05, 0) is 48.9 Å². The minimum atomic E-state index is -0.664. The summed E-state index contributed by atoms with van der Waals surface area (Å²) in [5.74, 6) is -0.607. The topological polar surface area (TPSA) is 113 Å². The van der Waals surface area contributed by atoms with Crippen molar-refractivity contribution in [2.24, 2.45) is 0 Å². The normalized spacial score (nSPS) is 11.6. The third-order valence-corrected chi connectivity index (χ3v) is 5.37. The SMILES string of the molecule is Cc1cc(COc2ccccc2C(=O)NC(CC(=O)NO)c2ccncc2)c2ccccc2n1. The highest BCUT2D eigenvalue weighted by Crippen LogP contribution is 2.24. The molecule has 1 unspecified atom stereocenters. The highest BCUT2D eigenvalue weighted by Gasteiger charge is 2.21. The Morgan fingerprint density at radius 3 is 2.56 bits per heavy atom. The number of amides is 2. The van der Waals surface area contributed by atoms with Crippen molar-refractivity contribution in [1.82, 2.24) is 20.8 Å².